The van der Waals surface area contributed by atoms with Crippen LogP contribution < -0.4 is 10.1 Å². The number of aromatic nitrogens is 3. The van der Waals surface area contributed by atoms with E-state index < -0.39 is 6.61 Å². The van der Waals surface area contributed by atoms with E-state index in [1.54, 1.807) is 6.07 Å². The molecule has 0 amide bonds. The molecule has 5 nitrogen and oxygen atoms in total. The molecular weight excluding hydrogens is 302 g/mol. The number of ether oxygens (including phenoxy) is 1. The minimum Gasteiger partial charge on any atom is -0.433 e. The molecule has 0 bridgehead atoms. The van der Waals surface area contributed by atoms with Gasteiger partial charge in [0.2, 0.25) is 0 Å². The number of rotatable bonds is 5. The summed E-state index contributed by atoms with van der Waals surface area (Å²) in [5, 5.41) is 3.29. The van der Waals surface area contributed by atoms with Crippen molar-refractivity contribution in [1.29, 1.82) is 0 Å². The summed E-state index contributed by atoms with van der Waals surface area (Å²) < 4.78 is 28.5. The van der Waals surface area contributed by atoms with Crippen molar-refractivity contribution in [3.8, 4) is 5.75 Å². The maximum Gasteiger partial charge on any atom is 0.387 e. The van der Waals surface area contributed by atoms with Crippen molar-refractivity contribution in [3.63, 3.8) is 0 Å². The highest BCUT2D eigenvalue weighted by Gasteiger charge is 2.16. The zero-order valence-corrected chi connectivity index (χ0v) is 12.9. The fourth-order valence-corrected chi connectivity index (χ4v) is 2.73. The van der Waals surface area contributed by atoms with Gasteiger partial charge >= 0.3 is 6.61 Å². The van der Waals surface area contributed by atoms with Gasteiger partial charge in [-0.1, -0.05) is 0 Å². The van der Waals surface area contributed by atoms with Crippen LogP contribution in [0.1, 0.15) is 35.6 Å². The Bertz CT molecular complexity index is 677. The highest BCUT2D eigenvalue weighted by atomic mass is 19.3. The molecule has 23 heavy (non-hydrogen) atoms. The van der Waals surface area contributed by atoms with Gasteiger partial charge in [-0.15, -0.1) is 0 Å². The van der Waals surface area contributed by atoms with Gasteiger partial charge in [-0.2, -0.15) is 8.78 Å². The topological polar surface area (TPSA) is 59.9 Å². The maximum absolute atomic E-state index is 12.1. The van der Waals surface area contributed by atoms with E-state index in [1.807, 2.05) is 6.92 Å². The second kappa shape index (κ2) is 6.85. The van der Waals surface area contributed by atoms with Crippen LogP contribution in [0, 0.1) is 6.92 Å². The van der Waals surface area contributed by atoms with Crippen LogP contribution >= 0.6 is 0 Å². The standard InChI is InChI=1S/C16H18F2N4O/c1-10-21-14-5-3-2-4-13(14)15(22-10)20-8-11-6-7-12(9-19-11)23-16(17)18/h6-7,9,16H,2-5,8H2,1H3,(H,20,21,22). The number of anilines is 1. The Morgan fingerprint density at radius 1 is 1.22 bits per heavy atom. The zero-order chi connectivity index (χ0) is 16.2. The number of alkyl halides is 2. The van der Waals surface area contributed by atoms with Gasteiger partial charge in [-0.25, -0.2) is 9.97 Å². The molecule has 1 N–H and O–H groups in total. The minimum atomic E-state index is -2.84. The summed E-state index contributed by atoms with van der Waals surface area (Å²) in [6, 6.07) is 3.14. The average molecular weight is 320 g/mol. The molecule has 1 aliphatic carbocycles. The fraction of sp³-hybridized carbons (Fsp3) is 0.438. The van der Waals surface area contributed by atoms with Crippen molar-refractivity contribution in [1.82, 2.24) is 15.0 Å². The first-order valence-corrected chi connectivity index (χ1v) is 7.62. The monoisotopic (exact) mass is 320 g/mol. The van der Waals surface area contributed by atoms with Crippen LogP contribution in [0.3, 0.4) is 0 Å². The Hall–Kier alpha value is -2.31. The molecule has 2 heterocycles. The lowest BCUT2D eigenvalue weighted by Crippen LogP contribution is -2.14. The molecule has 1 aliphatic rings. The molecule has 0 saturated heterocycles. The maximum atomic E-state index is 12.1. The van der Waals surface area contributed by atoms with Gasteiger partial charge in [-0.05, 0) is 44.7 Å². The van der Waals surface area contributed by atoms with E-state index in [2.05, 4.69) is 25.0 Å². The fourth-order valence-electron chi connectivity index (χ4n) is 2.73. The number of halogens is 2. The lowest BCUT2D eigenvalue weighted by molar-refractivity contribution is -0.0500. The normalized spacial score (nSPS) is 13.7. The second-order valence-electron chi connectivity index (χ2n) is 5.47. The molecular formula is C16H18F2N4O. The van der Waals surface area contributed by atoms with Gasteiger partial charge in [0.05, 0.1) is 18.4 Å². The van der Waals surface area contributed by atoms with Crippen LogP contribution in [0.15, 0.2) is 18.3 Å². The molecule has 7 heteroatoms. The summed E-state index contributed by atoms with van der Waals surface area (Å²) in [7, 11) is 0. The molecule has 2 aromatic rings. The van der Waals surface area contributed by atoms with Gasteiger partial charge in [0.1, 0.15) is 17.4 Å². The third-order valence-electron chi connectivity index (χ3n) is 3.75. The number of aryl methyl sites for hydroxylation is 2. The Morgan fingerprint density at radius 3 is 2.78 bits per heavy atom. The van der Waals surface area contributed by atoms with Crippen molar-refractivity contribution in [2.45, 2.75) is 45.8 Å². The molecule has 0 spiro atoms. The first kappa shape index (κ1) is 15.6. The summed E-state index contributed by atoms with van der Waals surface area (Å²) >= 11 is 0. The quantitative estimate of drug-likeness (QED) is 0.916. The molecule has 3 rings (SSSR count). The molecule has 0 unspecified atom stereocenters. The molecule has 0 fully saturated rings. The third kappa shape index (κ3) is 3.91. The predicted octanol–water partition coefficient (Wildman–Crippen LogP) is 3.27. The van der Waals surface area contributed by atoms with Crippen LogP contribution in [0.25, 0.3) is 0 Å². The Kier molecular flexibility index (Phi) is 4.64. The smallest absolute Gasteiger partial charge is 0.387 e. The Morgan fingerprint density at radius 2 is 2.04 bits per heavy atom. The van der Waals surface area contributed by atoms with E-state index in [0.717, 1.165) is 48.7 Å². The first-order chi connectivity index (χ1) is 11.1. The Balaban J connectivity index is 1.70. The first-order valence-electron chi connectivity index (χ1n) is 7.62. The van der Waals surface area contributed by atoms with E-state index >= 15 is 0 Å². The van der Waals surface area contributed by atoms with E-state index in [-0.39, 0.29) is 5.75 Å². The number of pyridine rings is 1. The largest absolute Gasteiger partial charge is 0.433 e. The molecule has 0 aromatic carbocycles. The van der Waals surface area contributed by atoms with Crippen LogP contribution in [-0.4, -0.2) is 21.6 Å². The highest BCUT2D eigenvalue weighted by Crippen LogP contribution is 2.25. The summed E-state index contributed by atoms with van der Waals surface area (Å²) in [4.78, 5) is 13.1. The summed E-state index contributed by atoms with van der Waals surface area (Å²) in [5.74, 6) is 1.66. The molecule has 0 radical (unpaired) electrons. The van der Waals surface area contributed by atoms with Crippen molar-refractivity contribution in [2.24, 2.45) is 0 Å². The molecule has 0 atom stereocenters. The van der Waals surface area contributed by atoms with Crippen LogP contribution in [0.4, 0.5) is 14.6 Å². The third-order valence-corrected chi connectivity index (χ3v) is 3.75. The average Bonchev–Trinajstić information content (AvgIpc) is 2.53. The number of fused-ring (bicyclic) bond motifs is 1. The van der Waals surface area contributed by atoms with E-state index in [1.165, 1.54) is 17.8 Å². The number of hydrogen-bond donors (Lipinski definition) is 1. The van der Waals surface area contributed by atoms with Crippen LogP contribution in [0.5, 0.6) is 5.75 Å². The summed E-state index contributed by atoms with van der Waals surface area (Å²) in [5.41, 5.74) is 3.03. The minimum absolute atomic E-state index is 0.0546. The number of nitrogens with zero attached hydrogens (tertiary/aromatic N) is 3. The van der Waals surface area contributed by atoms with Gasteiger partial charge in [-0.3, -0.25) is 4.98 Å². The van der Waals surface area contributed by atoms with Crippen molar-refractivity contribution < 1.29 is 13.5 Å². The lowest BCUT2D eigenvalue weighted by Gasteiger charge is -2.19. The van der Waals surface area contributed by atoms with E-state index in [4.69, 9.17) is 0 Å². The Labute approximate surface area is 133 Å². The summed E-state index contributed by atoms with van der Waals surface area (Å²) in [6.45, 7) is -0.483. The molecule has 0 aliphatic heterocycles. The molecule has 122 valence electrons. The van der Waals surface area contributed by atoms with Gasteiger partial charge in [0.15, 0.2) is 0 Å². The SMILES string of the molecule is Cc1nc2c(c(NCc3ccc(OC(F)F)cn3)n1)CCCC2. The number of nitrogens with one attached hydrogen (secondary N) is 1. The molecule has 2 aromatic heterocycles. The van der Waals surface area contributed by atoms with E-state index in [9.17, 15) is 8.78 Å². The van der Waals surface area contributed by atoms with Gasteiger partial charge in [0.25, 0.3) is 0 Å². The van der Waals surface area contributed by atoms with Gasteiger partial charge < -0.3 is 10.1 Å². The molecule has 0 saturated carbocycles. The zero-order valence-electron chi connectivity index (χ0n) is 12.9. The van der Waals surface area contributed by atoms with E-state index in [0.29, 0.717) is 6.54 Å². The van der Waals surface area contributed by atoms with Crippen LogP contribution in [0.2, 0.25) is 0 Å². The van der Waals surface area contributed by atoms with Crippen molar-refractivity contribution >= 4 is 5.82 Å². The van der Waals surface area contributed by atoms with Crippen molar-refractivity contribution in [2.75, 3.05) is 5.32 Å². The lowest BCUT2D eigenvalue weighted by atomic mass is 9.96. The number of hydrogen-bond acceptors (Lipinski definition) is 5. The summed E-state index contributed by atoms with van der Waals surface area (Å²) in [6.07, 6.45) is 5.57. The predicted molar refractivity (Wildman–Crippen MR) is 81.6 cm³/mol. The second-order valence-corrected chi connectivity index (χ2v) is 5.47. The van der Waals surface area contributed by atoms with Crippen LogP contribution in [-0.2, 0) is 19.4 Å². The van der Waals surface area contributed by atoms with Gasteiger partial charge in [0, 0.05) is 11.3 Å². The highest BCUT2D eigenvalue weighted by molar-refractivity contribution is 5.48. The van der Waals surface area contributed by atoms with Crippen molar-refractivity contribution in [3.05, 3.63) is 41.1 Å².